The van der Waals surface area contributed by atoms with Gasteiger partial charge in [-0.2, -0.15) is 5.10 Å². The first-order valence-corrected chi connectivity index (χ1v) is 19.5. The van der Waals surface area contributed by atoms with E-state index in [0.717, 1.165) is 15.8 Å². The molecule has 0 aliphatic carbocycles. The van der Waals surface area contributed by atoms with Crippen molar-refractivity contribution < 1.29 is 33.6 Å². The van der Waals surface area contributed by atoms with Crippen LogP contribution in [-0.4, -0.2) is 127 Å². The second kappa shape index (κ2) is 17.2. The van der Waals surface area contributed by atoms with E-state index in [2.05, 4.69) is 56.6 Å². The second-order valence-electron chi connectivity index (χ2n) is 14.5. The number of imide groups is 2. The first-order chi connectivity index (χ1) is 29.1. The number of anilines is 4. The van der Waals surface area contributed by atoms with Crippen LogP contribution < -0.4 is 26.6 Å². The largest absolute Gasteiger partial charge is 0.383 e. The van der Waals surface area contributed by atoms with Crippen LogP contribution in [0.1, 0.15) is 62.5 Å². The number of aromatic amines is 2. The molecule has 2 saturated heterocycles. The number of hydrogen-bond acceptors (Lipinski definition) is 13. The minimum absolute atomic E-state index is 0.0396. The van der Waals surface area contributed by atoms with Gasteiger partial charge in [-0.25, -0.2) is 9.97 Å². The van der Waals surface area contributed by atoms with Crippen LogP contribution in [0.2, 0.25) is 0 Å². The molecule has 2 fully saturated rings. The summed E-state index contributed by atoms with van der Waals surface area (Å²) in [4.78, 5) is 105. The number of aromatic nitrogens is 5. The van der Waals surface area contributed by atoms with E-state index in [4.69, 9.17) is 0 Å². The molecule has 3 aliphatic heterocycles. The zero-order valence-electron chi connectivity index (χ0n) is 32.2. The Balaban J connectivity index is 0.720. The van der Waals surface area contributed by atoms with Crippen molar-refractivity contribution in [1.82, 2.24) is 50.5 Å². The quantitative estimate of drug-likeness (QED) is 0.0623. The van der Waals surface area contributed by atoms with E-state index in [9.17, 15) is 33.6 Å². The van der Waals surface area contributed by atoms with Gasteiger partial charge in [-0.3, -0.25) is 53.8 Å². The standard InChI is InChI=1S/C40H41N13O7/c54-31(42-14-13-41-25-5-6-26-28(19-25)40(60)53(39(26)59)30-7-8-32(55)49-37(30)57)9-10-33(56)52-17-15-51(16-18-52)21-23-1-3-24(4-2-23)47-38(58)34-29(20-46-50-34)48-36-27-11-12-43-35(27)44-22-45-36/h1-6,11-12,19-20,22,30,41H,7-10,13-18,21H2,(H,42,54)(H,46,50)(H,47,58)(H,49,55,57)(H2,43,44,45,48). The minimum atomic E-state index is -1.04. The van der Waals surface area contributed by atoms with Gasteiger partial charge in [0, 0.05) is 82.6 Å². The van der Waals surface area contributed by atoms with Crippen LogP contribution in [-0.2, 0) is 25.7 Å². The Hall–Kier alpha value is -7.48. The molecule has 3 aromatic heterocycles. The molecule has 0 radical (unpaired) electrons. The zero-order valence-corrected chi connectivity index (χ0v) is 32.2. The van der Waals surface area contributed by atoms with Gasteiger partial charge in [-0.15, -0.1) is 0 Å². The fraction of sp³-hybridized carbons (Fsp3) is 0.300. The van der Waals surface area contributed by atoms with Crippen molar-refractivity contribution in [3.63, 3.8) is 0 Å². The molecule has 7 N–H and O–H groups in total. The molecule has 20 nitrogen and oxygen atoms in total. The Morgan fingerprint density at radius 2 is 1.63 bits per heavy atom. The van der Waals surface area contributed by atoms with Crippen LogP contribution in [0.15, 0.2) is 67.3 Å². The number of H-pyrrole nitrogens is 2. The minimum Gasteiger partial charge on any atom is -0.383 e. The van der Waals surface area contributed by atoms with Crippen LogP contribution in [0.4, 0.5) is 22.9 Å². The van der Waals surface area contributed by atoms with Crippen molar-refractivity contribution >= 4 is 75.3 Å². The molecule has 60 heavy (non-hydrogen) atoms. The van der Waals surface area contributed by atoms with Gasteiger partial charge in [-0.05, 0) is 48.4 Å². The lowest BCUT2D eigenvalue weighted by atomic mass is 10.0. The summed E-state index contributed by atoms with van der Waals surface area (Å²) in [7, 11) is 0. The fourth-order valence-electron chi connectivity index (χ4n) is 7.41. The van der Waals surface area contributed by atoms with E-state index in [-0.39, 0.29) is 66.8 Å². The molecule has 0 saturated carbocycles. The lowest BCUT2D eigenvalue weighted by Crippen LogP contribution is -2.54. The molecule has 3 aliphatic rings. The molecule has 8 rings (SSSR count). The fourth-order valence-corrected chi connectivity index (χ4v) is 7.41. The molecule has 0 spiro atoms. The van der Waals surface area contributed by atoms with Crippen molar-refractivity contribution in [3.05, 3.63) is 89.6 Å². The summed E-state index contributed by atoms with van der Waals surface area (Å²) in [5.41, 5.74) is 3.95. The molecule has 1 atom stereocenters. The Bertz CT molecular complexity index is 2490. The van der Waals surface area contributed by atoms with Gasteiger partial charge in [0.1, 0.15) is 29.5 Å². The highest BCUT2D eigenvalue weighted by atomic mass is 16.2. The van der Waals surface area contributed by atoms with Crippen LogP contribution in [0.25, 0.3) is 11.0 Å². The normalized spacial score (nSPS) is 16.8. The molecule has 5 aromatic rings. The molecular formula is C40H41N13O7. The molecule has 2 aromatic carbocycles. The molecule has 308 valence electrons. The van der Waals surface area contributed by atoms with Gasteiger partial charge in [0.15, 0.2) is 0 Å². The average molecular weight is 816 g/mol. The predicted molar refractivity (Wildman–Crippen MR) is 216 cm³/mol. The summed E-state index contributed by atoms with van der Waals surface area (Å²) in [6, 6.07) is 13.0. The number of carbonyl (C=O) groups is 7. The van der Waals surface area contributed by atoms with E-state index in [1.165, 1.54) is 24.7 Å². The zero-order chi connectivity index (χ0) is 41.8. The third-order valence-corrected chi connectivity index (χ3v) is 10.6. The topological polar surface area (TPSA) is 260 Å². The summed E-state index contributed by atoms with van der Waals surface area (Å²) in [5.74, 6) is -2.47. The molecular weight excluding hydrogens is 775 g/mol. The summed E-state index contributed by atoms with van der Waals surface area (Å²) < 4.78 is 0. The highest BCUT2D eigenvalue weighted by Gasteiger charge is 2.44. The Morgan fingerprint density at radius 1 is 0.850 bits per heavy atom. The lowest BCUT2D eigenvalue weighted by molar-refractivity contribution is -0.136. The summed E-state index contributed by atoms with van der Waals surface area (Å²) in [6.07, 6.45) is 4.95. The lowest BCUT2D eigenvalue weighted by Gasteiger charge is -2.34. The first kappa shape index (κ1) is 39.4. The maximum atomic E-state index is 13.1. The van der Waals surface area contributed by atoms with Gasteiger partial charge in [-0.1, -0.05) is 12.1 Å². The number of piperazine rings is 1. The molecule has 0 bridgehead atoms. The SMILES string of the molecule is O=C(CCC(=O)N1CCN(Cc2ccc(NC(=O)c3[nH]ncc3Nc3ncnc4[nH]ccc34)cc2)CC1)NCCNc1ccc2c(c1)C(=O)N(C1CCC(=O)NC1=O)C2=O. The number of nitrogens with one attached hydrogen (secondary N) is 7. The van der Waals surface area contributed by atoms with Gasteiger partial charge in [0.25, 0.3) is 17.7 Å². The third-order valence-electron chi connectivity index (χ3n) is 10.6. The van der Waals surface area contributed by atoms with E-state index in [0.29, 0.717) is 67.8 Å². The van der Waals surface area contributed by atoms with Crippen LogP contribution in [0.3, 0.4) is 0 Å². The molecule has 6 heterocycles. The number of fused-ring (bicyclic) bond motifs is 2. The Morgan fingerprint density at radius 3 is 2.43 bits per heavy atom. The molecule has 20 heteroatoms. The number of piperidine rings is 1. The maximum Gasteiger partial charge on any atom is 0.275 e. The van der Waals surface area contributed by atoms with Gasteiger partial charge < -0.3 is 31.2 Å². The summed E-state index contributed by atoms with van der Waals surface area (Å²) in [5, 5.41) is 21.7. The predicted octanol–water partition coefficient (Wildman–Crippen LogP) is 1.73. The Kier molecular flexibility index (Phi) is 11.3. The van der Waals surface area contributed by atoms with Gasteiger partial charge in [0.2, 0.25) is 23.6 Å². The average Bonchev–Trinajstić information content (AvgIpc) is 3.99. The van der Waals surface area contributed by atoms with Crippen LogP contribution in [0.5, 0.6) is 0 Å². The van der Waals surface area contributed by atoms with Crippen molar-refractivity contribution in [2.45, 2.75) is 38.3 Å². The van der Waals surface area contributed by atoms with Crippen LogP contribution in [0, 0.1) is 0 Å². The van der Waals surface area contributed by atoms with E-state index >= 15 is 0 Å². The molecule has 7 amide bonds. The van der Waals surface area contributed by atoms with Crippen LogP contribution >= 0.6 is 0 Å². The first-order valence-electron chi connectivity index (χ1n) is 19.5. The van der Waals surface area contributed by atoms with Gasteiger partial charge >= 0.3 is 0 Å². The summed E-state index contributed by atoms with van der Waals surface area (Å²) >= 11 is 0. The van der Waals surface area contributed by atoms with E-state index in [1.54, 1.807) is 17.2 Å². The summed E-state index contributed by atoms with van der Waals surface area (Å²) in [6.45, 7) is 3.70. The van der Waals surface area contributed by atoms with Crippen molar-refractivity contribution in [1.29, 1.82) is 0 Å². The monoisotopic (exact) mass is 815 g/mol. The number of nitrogens with zero attached hydrogens (tertiary/aromatic N) is 6. The number of benzene rings is 2. The number of hydrogen-bond donors (Lipinski definition) is 7. The highest BCUT2D eigenvalue weighted by Crippen LogP contribution is 2.30. The van der Waals surface area contributed by atoms with Crippen molar-refractivity contribution in [2.24, 2.45) is 0 Å². The van der Waals surface area contributed by atoms with Crippen molar-refractivity contribution in [3.8, 4) is 0 Å². The Labute approximate surface area is 341 Å². The number of carbonyl (C=O) groups excluding carboxylic acids is 7. The molecule has 1 unspecified atom stereocenters. The number of rotatable bonds is 14. The third kappa shape index (κ3) is 8.53. The van der Waals surface area contributed by atoms with E-state index in [1.807, 2.05) is 30.3 Å². The van der Waals surface area contributed by atoms with Gasteiger partial charge in [0.05, 0.1) is 28.4 Å². The van der Waals surface area contributed by atoms with Crippen molar-refractivity contribution in [2.75, 3.05) is 55.2 Å². The highest BCUT2D eigenvalue weighted by molar-refractivity contribution is 6.23. The maximum absolute atomic E-state index is 13.1. The second-order valence-corrected chi connectivity index (χ2v) is 14.5. The van der Waals surface area contributed by atoms with E-state index < -0.39 is 29.7 Å². The number of amides is 7. The smallest absolute Gasteiger partial charge is 0.275 e.